The molecule has 0 unspecified atom stereocenters. The Morgan fingerprint density at radius 1 is 1.15 bits per heavy atom. The van der Waals surface area contributed by atoms with E-state index in [1.807, 2.05) is 24.3 Å². The highest BCUT2D eigenvalue weighted by molar-refractivity contribution is 7.92. The van der Waals surface area contributed by atoms with E-state index in [0.29, 0.717) is 12.2 Å². The summed E-state index contributed by atoms with van der Waals surface area (Å²) in [6.45, 7) is 4.95. The van der Waals surface area contributed by atoms with Gasteiger partial charge in [-0.15, -0.1) is 0 Å². The van der Waals surface area contributed by atoms with Crippen molar-refractivity contribution in [3.63, 3.8) is 0 Å². The fourth-order valence-electron chi connectivity index (χ4n) is 3.16. The number of nitrogens with one attached hydrogen (secondary N) is 1. The number of piperidine rings is 1. The molecule has 1 aliphatic heterocycles. The molecule has 1 fully saturated rings. The summed E-state index contributed by atoms with van der Waals surface area (Å²) in [5.41, 5.74) is 1.73. The van der Waals surface area contributed by atoms with Gasteiger partial charge in [0.25, 0.3) is 0 Å². The molecule has 0 atom stereocenters. The van der Waals surface area contributed by atoms with Crippen molar-refractivity contribution >= 4 is 27.3 Å². The number of nitrogens with zero attached hydrogens (tertiary/aromatic N) is 2. The van der Waals surface area contributed by atoms with E-state index in [1.165, 1.54) is 29.8 Å². The molecule has 1 saturated heterocycles. The van der Waals surface area contributed by atoms with Crippen molar-refractivity contribution in [2.45, 2.75) is 45.4 Å². The second-order valence-corrected chi connectivity index (χ2v) is 8.76. The first-order chi connectivity index (χ1) is 12.4. The second-order valence-electron chi connectivity index (χ2n) is 6.85. The van der Waals surface area contributed by atoms with Crippen molar-refractivity contribution in [2.75, 3.05) is 41.6 Å². The molecule has 0 saturated carbocycles. The van der Waals surface area contributed by atoms with Gasteiger partial charge in [-0.2, -0.15) is 0 Å². The van der Waals surface area contributed by atoms with Crippen molar-refractivity contribution < 1.29 is 13.2 Å². The Hall–Kier alpha value is -1.76. The Morgan fingerprint density at radius 2 is 1.81 bits per heavy atom. The number of hydrogen-bond donors (Lipinski definition) is 1. The SMILES string of the molecule is CCCCNC(=O)CCN(c1ccc(N2CCCCC2)cc1)S(C)(=O)=O. The lowest BCUT2D eigenvalue weighted by molar-refractivity contribution is -0.120. The molecule has 1 aromatic rings. The third kappa shape index (κ3) is 6.20. The monoisotopic (exact) mass is 381 g/mol. The molecule has 26 heavy (non-hydrogen) atoms. The fourth-order valence-corrected chi connectivity index (χ4v) is 4.09. The quantitative estimate of drug-likeness (QED) is 0.668. The Labute approximate surface area is 157 Å². The van der Waals surface area contributed by atoms with Crippen molar-refractivity contribution in [3.05, 3.63) is 24.3 Å². The second kappa shape index (κ2) is 9.80. The maximum atomic E-state index is 12.2. The summed E-state index contributed by atoms with van der Waals surface area (Å²) in [5, 5.41) is 2.83. The van der Waals surface area contributed by atoms with Crippen LogP contribution in [0, 0.1) is 0 Å². The highest BCUT2D eigenvalue weighted by Crippen LogP contribution is 2.25. The van der Waals surface area contributed by atoms with Gasteiger partial charge in [0, 0.05) is 38.3 Å². The van der Waals surface area contributed by atoms with Crippen LogP contribution in [0.5, 0.6) is 0 Å². The topological polar surface area (TPSA) is 69.7 Å². The molecule has 1 amide bonds. The van der Waals surface area contributed by atoms with Gasteiger partial charge in [-0.3, -0.25) is 9.10 Å². The maximum Gasteiger partial charge on any atom is 0.232 e. The molecule has 1 aliphatic rings. The summed E-state index contributed by atoms with van der Waals surface area (Å²) in [7, 11) is -3.44. The Balaban J connectivity index is 2.01. The van der Waals surface area contributed by atoms with Crippen LogP contribution < -0.4 is 14.5 Å². The lowest BCUT2D eigenvalue weighted by Gasteiger charge is -2.29. The Morgan fingerprint density at radius 3 is 2.38 bits per heavy atom. The zero-order valence-electron chi connectivity index (χ0n) is 15.9. The molecule has 0 aromatic heterocycles. The highest BCUT2D eigenvalue weighted by atomic mass is 32.2. The largest absolute Gasteiger partial charge is 0.372 e. The smallest absolute Gasteiger partial charge is 0.232 e. The van der Waals surface area contributed by atoms with Gasteiger partial charge in [-0.05, 0) is 49.9 Å². The van der Waals surface area contributed by atoms with Crippen LogP contribution in [0.3, 0.4) is 0 Å². The van der Waals surface area contributed by atoms with E-state index >= 15 is 0 Å². The lowest BCUT2D eigenvalue weighted by Crippen LogP contribution is -2.35. The summed E-state index contributed by atoms with van der Waals surface area (Å²) >= 11 is 0. The van der Waals surface area contributed by atoms with Crippen molar-refractivity contribution in [2.24, 2.45) is 0 Å². The van der Waals surface area contributed by atoms with Crippen molar-refractivity contribution in [1.29, 1.82) is 0 Å². The number of benzene rings is 1. The minimum absolute atomic E-state index is 0.114. The first kappa shape index (κ1) is 20.6. The molecule has 0 radical (unpaired) electrons. The summed E-state index contributed by atoms with van der Waals surface area (Å²) in [4.78, 5) is 14.2. The van der Waals surface area contributed by atoms with Gasteiger partial charge >= 0.3 is 0 Å². The number of anilines is 2. The number of sulfonamides is 1. The van der Waals surface area contributed by atoms with Gasteiger partial charge in [0.15, 0.2) is 0 Å². The molecule has 1 N–H and O–H groups in total. The number of carbonyl (C=O) groups is 1. The molecule has 0 bridgehead atoms. The molecular weight excluding hydrogens is 350 g/mol. The van der Waals surface area contributed by atoms with E-state index in [1.54, 1.807) is 0 Å². The van der Waals surface area contributed by atoms with E-state index in [9.17, 15) is 13.2 Å². The minimum Gasteiger partial charge on any atom is -0.372 e. The molecule has 6 nitrogen and oxygen atoms in total. The fraction of sp³-hybridized carbons (Fsp3) is 0.632. The predicted octanol–water partition coefficient (Wildman–Crippen LogP) is 2.75. The van der Waals surface area contributed by atoms with Crippen LogP contribution in [0.1, 0.15) is 45.4 Å². The average molecular weight is 382 g/mol. The van der Waals surface area contributed by atoms with Crippen LogP contribution in [0.2, 0.25) is 0 Å². The molecule has 0 aliphatic carbocycles. The number of hydrogen-bond acceptors (Lipinski definition) is 4. The van der Waals surface area contributed by atoms with Crippen molar-refractivity contribution in [1.82, 2.24) is 5.32 Å². The standard InChI is InChI=1S/C19H31N3O3S/c1-3-4-13-20-19(23)12-16-22(26(2,24)25)18-10-8-17(9-11-18)21-14-6-5-7-15-21/h8-11H,3-7,12-16H2,1-2H3,(H,20,23). The summed E-state index contributed by atoms with van der Waals surface area (Å²) < 4.78 is 25.7. The van der Waals surface area contributed by atoms with Crippen LogP contribution in [-0.4, -0.2) is 46.8 Å². The number of amides is 1. The van der Waals surface area contributed by atoms with E-state index in [0.717, 1.165) is 31.6 Å². The molecular formula is C19H31N3O3S. The zero-order chi connectivity index (χ0) is 19.0. The van der Waals surface area contributed by atoms with Gasteiger partial charge in [-0.1, -0.05) is 13.3 Å². The van der Waals surface area contributed by atoms with Gasteiger partial charge in [0.1, 0.15) is 0 Å². The molecule has 0 spiro atoms. The predicted molar refractivity (Wildman–Crippen MR) is 107 cm³/mol. The maximum absolute atomic E-state index is 12.2. The van der Waals surface area contributed by atoms with Gasteiger partial charge in [0.05, 0.1) is 11.9 Å². The molecule has 146 valence electrons. The lowest BCUT2D eigenvalue weighted by atomic mass is 10.1. The van der Waals surface area contributed by atoms with Crippen LogP contribution in [-0.2, 0) is 14.8 Å². The summed E-state index contributed by atoms with van der Waals surface area (Å²) in [6, 6.07) is 7.61. The first-order valence-corrected chi connectivity index (χ1v) is 11.4. The Bertz CT molecular complexity index is 668. The average Bonchev–Trinajstić information content (AvgIpc) is 2.62. The first-order valence-electron chi connectivity index (χ1n) is 9.51. The summed E-state index contributed by atoms with van der Waals surface area (Å²) in [6.07, 6.45) is 6.95. The van der Waals surface area contributed by atoms with E-state index in [-0.39, 0.29) is 18.9 Å². The number of carbonyl (C=O) groups excluding carboxylic acids is 1. The number of unbranched alkanes of at least 4 members (excludes halogenated alkanes) is 1. The normalized spacial score (nSPS) is 14.9. The van der Waals surface area contributed by atoms with Crippen molar-refractivity contribution in [3.8, 4) is 0 Å². The number of rotatable bonds is 9. The van der Waals surface area contributed by atoms with Crippen LogP contribution in [0.4, 0.5) is 11.4 Å². The minimum atomic E-state index is -3.44. The molecule has 1 aromatic carbocycles. The summed E-state index contributed by atoms with van der Waals surface area (Å²) in [5.74, 6) is -0.114. The van der Waals surface area contributed by atoms with Crippen LogP contribution in [0.25, 0.3) is 0 Å². The zero-order valence-corrected chi connectivity index (χ0v) is 16.7. The van der Waals surface area contributed by atoms with Crippen LogP contribution in [0.15, 0.2) is 24.3 Å². The van der Waals surface area contributed by atoms with E-state index in [2.05, 4.69) is 17.1 Å². The molecule has 7 heteroatoms. The highest BCUT2D eigenvalue weighted by Gasteiger charge is 2.19. The van der Waals surface area contributed by atoms with E-state index < -0.39 is 10.0 Å². The van der Waals surface area contributed by atoms with Gasteiger partial charge < -0.3 is 10.2 Å². The molecule has 1 heterocycles. The third-order valence-electron chi connectivity index (χ3n) is 4.65. The van der Waals surface area contributed by atoms with E-state index in [4.69, 9.17) is 0 Å². The van der Waals surface area contributed by atoms with Gasteiger partial charge in [-0.25, -0.2) is 8.42 Å². The Kier molecular flexibility index (Phi) is 7.75. The van der Waals surface area contributed by atoms with Crippen LogP contribution >= 0.6 is 0 Å². The van der Waals surface area contributed by atoms with Gasteiger partial charge in [0.2, 0.25) is 15.9 Å². The molecule has 2 rings (SSSR count). The third-order valence-corrected chi connectivity index (χ3v) is 5.85.